The van der Waals surface area contributed by atoms with Crippen molar-refractivity contribution in [2.24, 2.45) is 0 Å². The minimum Gasteiger partial charge on any atom is -0.858 e. The Morgan fingerprint density at radius 1 is 0.576 bits per heavy atom. The van der Waals surface area contributed by atoms with Crippen LogP contribution >= 0.6 is 0 Å². The highest BCUT2D eigenvalue weighted by Gasteiger charge is 2.13. The third-order valence-corrected chi connectivity index (χ3v) is 6.79. The van der Waals surface area contributed by atoms with Crippen molar-refractivity contribution in [1.82, 2.24) is 9.36 Å². The van der Waals surface area contributed by atoms with Crippen molar-refractivity contribution in [2.45, 2.75) is 155 Å². The molecule has 33 heavy (non-hydrogen) atoms. The third kappa shape index (κ3) is 12.5. The first-order valence-corrected chi connectivity index (χ1v) is 14.1. The van der Waals surface area contributed by atoms with Crippen molar-refractivity contribution in [1.29, 1.82) is 0 Å². The van der Waals surface area contributed by atoms with Crippen LogP contribution in [0.3, 0.4) is 0 Å². The highest BCUT2D eigenvalue weighted by molar-refractivity contribution is 5.77. The van der Waals surface area contributed by atoms with E-state index in [1.165, 1.54) is 112 Å². The minimum absolute atomic E-state index is 0.200. The number of unbranched alkanes of at least 4 members (excludes halogenated alkanes) is 18. The summed E-state index contributed by atoms with van der Waals surface area (Å²) in [6.45, 7) is 5.56. The topological polar surface area (TPSA) is 67.1 Å². The Kier molecular flexibility index (Phi) is 17.8. The second kappa shape index (κ2) is 19.9. The molecule has 0 unspecified atom stereocenters. The predicted molar refractivity (Wildman–Crippen MR) is 137 cm³/mol. The van der Waals surface area contributed by atoms with Crippen LogP contribution in [0.2, 0.25) is 0 Å². The number of rotatable bonds is 23. The molecule has 0 N–H and O–H groups in total. The fourth-order valence-corrected chi connectivity index (χ4v) is 4.63. The van der Waals surface area contributed by atoms with Crippen LogP contribution in [0.5, 0.6) is 5.88 Å². The molecule has 0 aliphatic heterocycles. The molecule has 0 amide bonds. The largest absolute Gasteiger partial charge is 0.858 e. The molecule has 0 fully saturated rings. The molecule has 1 aromatic heterocycles. The highest BCUT2D eigenvalue weighted by atomic mass is 16.3. The van der Waals surface area contributed by atoms with Gasteiger partial charge >= 0.3 is 0 Å². The number of nitrogens with zero attached hydrogens (tertiary/aromatic N) is 2. The summed E-state index contributed by atoms with van der Waals surface area (Å²) < 4.78 is 3.06. The zero-order chi connectivity index (χ0) is 24.2. The molecule has 1 heterocycles. The van der Waals surface area contributed by atoms with Gasteiger partial charge in [0.1, 0.15) is 0 Å². The van der Waals surface area contributed by atoms with Crippen molar-refractivity contribution in [3.05, 3.63) is 15.9 Å². The van der Waals surface area contributed by atoms with Crippen molar-refractivity contribution in [3.8, 4) is 5.88 Å². The summed E-state index contributed by atoms with van der Waals surface area (Å²) in [5, 5.41) is 12.5. The van der Waals surface area contributed by atoms with Gasteiger partial charge in [-0.2, -0.15) is 0 Å². The fourth-order valence-electron chi connectivity index (χ4n) is 4.63. The maximum Gasteiger partial charge on any atom is 0.276 e. The smallest absolute Gasteiger partial charge is 0.276 e. The normalized spacial score (nSPS) is 11.3. The molecule has 0 spiro atoms. The second-order valence-corrected chi connectivity index (χ2v) is 9.75. The van der Waals surface area contributed by atoms with Crippen LogP contribution in [0.25, 0.3) is 0 Å². The quantitative estimate of drug-likeness (QED) is 0.126. The van der Waals surface area contributed by atoms with E-state index in [1.54, 1.807) is 0 Å². The lowest BCUT2D eigenvalue weighted by molar-refractivity contribution is -0.281. The Balaban J connectivity index is 2.30. The molecular formula is C28H51N2O3-. The Bertz CT molecular complexity index is 663. The highest BCUT2D eigenvalue weighted by Crippen LogP contribution is 2.15. The number of hydrogen-bond acceptors (Lipinski definition) is 3. The van der Waals surface area contributed by atoms with Crippen LogP contribution in [0.15, 0.2) is 4.79 Å². The number of aldehydes is 1. The maximum atomic E-state index is 12.5. The first kappa shape index (κ1) is 29.5. The molecule has 1 rings (SSSR count). The molecule has 0 aromatic carbocycles. The van der Waals surface area contributed by atoms with E-state index in [9.17, 15) is 14.7 Å². The molecule has 0 radical (unpaired) electrons. The van der Waals surface area contributed by atoms with Crippen molar-refractivity contribution in [2.75, 3.05) is 0 Å². The van der Waals surface area contributed by atoms with E-state index in [1.807, 2.05) is 0 Å². The van der Waals surface area contributed by atoms with Crippen LogP contribution in [0, 0.1) is 0 Å². The molecule has 0 atom stereocenters. The number of carbonyl (C=O) groups is 1. The Morgan fingerprint density at radius 3 is 1.27 bits per heavy atom. The van der Waals surface area contributed by atoms with Gasteiger partial charge in [0.25, 0.3) is 5.56 Å². The monoisotopic (exact) mass is 463 g/mol. The van der Waals surface area contributed by atoms with Gasteiger partial charge in [-0.15, -0.1) is 0 Å². The van der Waals surface area contributed by atoms with E-state index in [2.05, 4.69) is 13.8 Å². The average Bonchev–Trinajstić information content (AvgIpc) is 3.04. The van der Waals surface area contributed by atoms with E-state index in [0.717, 1.165) is 25.7 Å². The lowest BCUT2D eigenvalue weighted by Gasteiger charge is -2.17. The van der Waals surface area contributed by atoms with Crippen molar-refractivity contribution >= 4 is 6.29 Å². The van der Waals surface area contributed by atoms with Gasteiger partial charge < -0.3 is 5.11 Å². The maximum absolute atomic E-state index is 12.5. The molecule has 0 saturated carbocycles. The first-order valence-electron chi connectivity index (χ1n) is 14.1. The van der Waals surface area contributed by atoms with Crippen LogP contribution in [0.1, 0.15) is 153 Å². The van der Waals surface area contributed by atoms with E-state index >= 15 is 0 Å². The zero-order valence-corrected chi connectivity index (χ0v) is 21.8. The standard InChI is InChI=1S/C28H52N2O3/c1-3-5-7-9-11-13-15-17-19-21-23-29-27(32)26(25-31)28(33)30(29)24-22-20-18-16-14-12-10-8-6-4-2/h25,32H,3-24H2,1-2H3/p-1. The van der Waals surface area contributed by atoms with Gasteiger partial charge in [0.15, 0.2) is 6.29 Å². The molecule has 1 aromatic rings. The lowest BCUT2D eigenvalue weighted by atomic mass is 10.1. The fraction of sp³-hybridized carbons (Fsp3) is 0.857. The van der Waals surface area contributed by atoms with Gasteiger partial charge in [-0.1, -0.05) is 129 Å². The van der Waals surface area contributed by atoms with E-state index in [4.69, 9.17) is 0 Å². The number of carbonyl (C=O) groups excluding carboxylic acids is 1. The summed E-state index contributed by atoms with van der Waals surface area (Å²) in [6.07, 6.45) is 25.1. The summed E-state index contributed by atoms with van der Waals surface area (Å²) in [7, 11) is 0. The Morgan fingerprint density at radius 2 is 0.909 bits per heavy atom. The molecule has 0 aliphatic rings. The number of aromatic nitrogens is 2. The zero-order valence-electron chi connectivity index (χ0n) is 21.8. The van der Waals surface area contributed by atoms with Crippen LogP contribution in [0.4, 0.5) is 0 Å². The molecule has 0 aliphatic carbocycles. The van der Waals surface area contributed by atoms with Crippen molar-refractivity contribution < 1.29 is 9.90 Å². The minimum atomic E-state index is -0.405. The van der Waals surface area contributed by atoms with Gasteiger partial charge in [-0.25, -0.2) is 0 Å². The van der Waals surface area contributed by atoms with Crippen molar-refractivity contribution in [3.63, 3.8) is 0 Å². The van der Waals surface area contributed by atoms with Gasteiger partial charge in [0, 0.05) is 13.1 Å². The van der Waals surface area contributed by atoms with E-state index in [-0.39, 0.29) is 5.56 Å². The summed E-state index contributed by atoms with van der Waals surface area (Å²) >= 11 is 0. The molecule has 5 heteroatoms. The van der Waals surface area contributed by atoms with Gasteiger partial charge in [0.2, 0.25) is 0 Å². The van der Waals surface area contributed by atoms with E-state index < -0.39 is 11.4 Å². The van der Waals surface area contributed by atoms with Crippen LogP contribution in [-0.4, -0.2) is 15.6 Å². The molecule has 0 saturated heterocycles. The molecule has 5 nitrogen and oxygen atoms in total. The summed E-state index contributed by atoms with van der Waals surface area (Å²) in [6, 6.07) is 0. The van der Waals surface area contributed by atoms with Gasteiger partial charge in [0.05, 0.1) is 5.56 Å². The Labute approximate surface area is 202 Å². The second-order valence-electron chi connectivity index (χ2n) is 9.75. The number of hydrogen-bond donors (Lipinski definition) is 0. The third-order valence-electron chi connectivity index (χ3n) is 6.79. The summed E-state index contributed by atoms with van der Waals surface area (Å²) in [5.74, 6) is -0.405. The van der Waals surface area contributed by atoms with Gasteiger partial charge in [-0.05, 0) is 18.7 Å². The lowest BCUT2D eigenvalue weighted by Crippen LogP contribution is -2.24. The van der Waals surface area contributed by atoms with Gasteiger partial charge in [-0.3, -0.25) is 19.0 Å². The van der Waals surface area contributed by atoms with E-state index in [0.29, 0.717) is 19.4 Å². The summed E-state index contributed by atoms with van der Waals surface area (Å²) in [4.78, 5) is 23.8. The molecule has 192 valence electrons. The van der Waals surface area contributed by atoms with Crippen LogP contribution in [-0.2, 0) is 13.1 Å². The molecular weight excluding hydrogens is 412 g/mol. The Hall–Kier alpha value is -1.52. The SMILES string of the molecule is CCCCCCCCCCCCn1c([O-])c(C=O)c(=O)n1CCCCCCCCCCCC. The predicted octanol–water partition coefficient (Wildman–Crippen LogP) is 7.38. The summed E-state index contributed by atoms with van der Waals surface area (Å²) in [5.41, 5.74) is -0.604. The average molecular weight is 464 g/mol. The first-order chi connectivity index (χ1) is 16.2. The van der Waals surface area contributed by atoms with Crippen LogP contribution < -0.4 is 10.7 Å². The molecule has 0 bridgehead atoms.